The minimum absolute atomic E-state index is 0.0636. The average molecular weight is 218 g/mol. The number of hydrogen-bond donors (Lipinski definition) is 0. The molecule has 2 bridgehead atoms. The summed E-state index contributed by atoms with van der Waals surface area (Å²) < 4.78 is 36.7. The van der Waals surface area contributed by atoms with Gasteiger partial charge in [-0.15, -0.1) is 0 Å². The fraction of sp³-hybridized carbons (Fsp3) is 0.778. The third kappa shape index (κ3) is 1.46. The van der Waals surface area contributed by atoms with E-state index >= 15 is 0 Å². The third-order valence-electron chi connectivity index (χ3n) is 3.19. The second kappa shape index (κ2) is 3.12. The highest BCUT2D eigenvalue weighted by Crippen LogP contribution is 2.43. The Bertz CT molecular complexity index is 333. The van der Waals surface area contributed by atoms with Crippen LogP contribution < -0.4 is 0 Å². The van der Waals surface area contributed by atoms with Gasteiger partial charge in [-0.05, 0) is 25.2 Å². The van der Waals surface area contributed by atoms with Gasteiger partial charge in [-0.2, -0.15) is 18.4 Å². The van der Waals surface area contributed by atoms with Gasteiger partial charge in [-0.3, -0.25) is 4.79 Å². The Kier molecular flexibility index (Phi) is 2.14. The number of carbonyl (C=O) groups is 1. The zero-order valence-corrected chi connectivity index (χ0v) is 7.79. The van der Waals surface area contributed by atoms with Crippen molar-refractivity contribution < 1.29 is 18.0 Å². The Morgan fingerprint density at radius 3 is 2.60 bits per heavy atom. The second-order valence-electron chi connectivity index (χ2n) is 4.01. The molecule has 0 unspecified atom stereocenters. The van der Waals surface area contributed by atoms with Gasteiger partial charge in [-0.1, -0.05) is 0 Å². The Morgan fingerprint density at radius 2 is 2.07 bits per heavy atom. The zero-order chi connectivity index (χ0) is 11.2. The van der Waals surface area contributed by atoms with Crippen molar-refractivity contribution in [2.75, 3.05) is 0 Å². The summed E-state index contributed by atoms with van der Waals surface area (Å²) >= 11 is 0. The molecule has 15 heavy (non-hydrogen) atoms. The first-order valence-electron chi connectivity index (χ1n) is 4.74. The van der Waals surface area contributed by atoms with Crippen molar-refractivity contribution in [3.8, 4) is 6.07 Å². The molecule has 0 aromatic heterocycles. The smallest absolute Gasteiger partial charge is 0.316 e. The molecule has 6 heteroatoms. The van der Waals surface area contributed by atoms with E-state index < -0.39 is 18.1 Å². The molecule has 1 saturated heterocycles. The van der Waals surface area contributed by atoms with Gasteiger partial charge in [-0.25, -0.2) is 0 Å². The van der Waals surface area contributed by atoms with Crippen LogP contribution in [0.5, 0.6) is 0 Å². The van der Waals surface area contributed by atoms with Crippen LogP contribution in [0.4, 0.5) is 13.2 Å². The number of likely N-dealkylation sites (tertiary alicyclic amines) is 1. The van der Waals surface area contributed by atoms with E-state index in [0.29, 0.717) is 12.8 Å². The van der Waals surface area contributed by atoms with Crippen LogP contribution in [0.2, 0.25) is 0 Å². The van der Waals surface area contributed by atoms with E-state index in [4.69, 9.17) is 5.26 Å². The number of nitrogens with zero attached hydrogens (tertiary/aromatic N) is 2. The topological polar surface area (TPSA) is 44.1 Å². The predicted octanol–water partition coefficient (Wildman–Crippen LogP) is 1.45. The van der Waals surface area contributed by atoms with E-state index in [1.165, 1.54) is 0 Å². The van der Waals surface area contributed by atoms with Crippen LogP contribution in [-0.4, -0.2) is 29.1 Å². The molecule has 0 aromatic rings. The maximum Gasteiger partial charge on any atom is 0.471 e. The van der Waals surface area contributed by atoms with Crippen LogP contribution in [0.3, 0.4) is 0 Å². The van der Waals surface area contributed by atoms with Crippen molar-refractivity contribution >= 4 is 5.91 Å². The van der Waals surface area contributed by atoms with Crippen molar-refractivity contribution in [3.63, 3.8) is 0 Å². The van der Waals surface area contributed by atoms with Crippen LogP contribution in [0.1, 0.15) is 19.3 Å². The molecule has 2 rings (SSSR count). The highest BCUT2D eigenvalue weighted by atomic mass is 19.4. The molecule has 0 spiro atoms. The molecular formula is C9H9F3N2O. The third-order valence-corrected chi connectivity index (χ3v) is 3.19. The monoisotopic (exact) mass is 218 g/mol. The van der Waals surface area contributed by atoms with Gasteiger partial charge in [0.1, 0.15) is 6.04 Å². The number of hydrogen-bond acceptors (Lipinski definition) is 2. The number of amides is 1. The van der Waals surface area contributed by atoms with Crippen LogP contribution in [0.25, 0.3) is 0 Å². The summed E-state index contributed by atoms with van der Waals surface area (Å²) in [4.78, 5) is 11.8. The lowest BCUT2D eigenvalue weighted by atomic mass is 10.00. The van der Waals surface area contributed by atoms with E-state index in [9.17, 15) is 18.0 Å². The van der Waals surface area contributed by atoms with Gasteiger partial charge in [0.25, 0.3) is 0 Å². The first kappa shape index (κ1) is 10.3. The van der Waals surface area contributed by atoms with Crippen molar-refractivity contribution in [2.24, 2.45) is 5.92 Å². The minimum Gasteiger partial charge on any atom is -0.316 e. The fourth-order valence-electron chi connectivity index (χ4n) is 2.59. The standard InChI is InChI=1S/C9H9F3N2O/c10-9(11,12)8(15)14-6-2-1-5(3-6)7(14)4-13/h5-7H,1-3H2/t5-,6+,7-/m1/s1. The Morgan fingerprint density at radius 1 is 1.40 bits per heavy atom. The van der Waals surface area contributed by atoms with E-state index in [0.717, 1.165) is 11.3 Å². The lowest BCUT2D eigenvalue weighted by Crippen LogP contribution is -2.50. The number of halogens is 3. The molecule has 82 valence electrons. The molecule has 1 amide bonds. The van der Waals surface area contributed by atoms with Crippen molar-refractivity contribution in [2.45, 2.75) is 37.5 Å². The average Bonchev–Trinajstić information content (AvgIpc) is 2.73. The molecule has 3 atom stereocenters. The minimum atomic E-state index is -4.86. The molecule has 0 aromatic carbocycles. The molecule has 0 N–H and O–H groups in total. The lowest BCUT2D eigenvalue weighted by molar-refractivity contribution is -0.188. The highest BCUT2D eigenvalue weighted by Gasteiger charge is 2.54. The number of piperidine rings is 1. The molecule has 3 nitrogen and oxygen atoms in total. The van der Waals surface area contributed by atoms with Gasteiger partial charge in [0, 0.05) is 6.04 Å². The summed E-state index contributed by atoms with van der Waals surface area (Å²) in [5.74, 6) is -1.92. The van der Waals surface area contributed by atoms with E-state index in [2.05, 4.69) is 0 Å². The largest absolute Gasteiger partial charge is 0.471 e. The first-order valence-corrected chi connectivity index (χ1v) is 4.74. The predicted molar refractivity (Wildman–Crippen MR) is 43.4 cm³/mol. The van der Waals surface area contributed by atoms with Gasteiger partial charge in [0.05, 0.1) is 6.07 Å². The first-order chi connectivity index (χ1) is 6.95. The molecule has 1 aliphatic carbocycles. The highest BCUT2D eigenvalue weighted by molar-refractivity contribution is 5.83. The zero-order valence-electron chi connectivity index (χ0n) is 7.79. The molecule has 1 heterocycles. The quantitative estimate of drug-likeness (QED) is 0.617. The maximum absolute atomic E-state index is 12.2. The Hall–Kier alpha value is -1.25. The molecular weight excluding hydrogens is 209 g/mol. The number of fused-ring (bicyclic) bond motifs is 2. The van der Waals surface area contributed by atoms with Gasteiger partial charge >= 0.3 is 12.1 Å². The molecule has 1 aliphatic heterocycles. The van der Waals surface area contributed by atoms with Crippen LogP contribution >= 0.6 is 0 Å². The Balaban J connectivity index is 2.23. The molecule has 2 aliphatic rings. The van der Waals surface area contributed by atoms with Crippen molar-refractivity contribution in [3.05, 3.63) is 0 Å². The Labute approximate surface area is 84.5 Å². The van der Waals surface area contributed by atoms with E-state index in [1.807, 2.05) is 0 Å². The molecule has 1 saturated carbocycles. The number of rotatable bonds is 0. The van der Waals surface area contributed by atoms with E-state index in [1.54, 1.807) is 6.07 Å². The normalized spacial score (nSPS) is 34.3. The number of alkyl halides is 3. The fourth-order valence-corrected chi connectivity index (χ4v) is 2.59. The summed E-state index contributed by atoms with van der Waals surface area (Å²) in [6, 6.07) is 0.546. The van der Waals surface area contributed by atoms with Crippen LogP contribution in [0.15, 0.2) is 0 Å². The van der Waals surface area contributed by atoms with Gasteiger partial charge in [0.15, 0.2) is 0 Å². The van der Waals surface area contributed by atoms with Crippen molar-refractivity contribution in [1.82, 2.24) is 4.90 Å². The second-order valence-corrected chi connectivity index (χ2v) is 4.01. The SMILES string of the molecule is N#C[C@@H]1[C@@H]2CC[C@@H](C2)N1C(=O)C(F)(F)F. The summed E-state index contributed by atoms with van der Waals surface area (Å²) in [5, 5.41) is 8.76. The number of carbonyl (C=O) groups excluding carboxylic acids is 1. The molecule has 2 fully saturated rings. The van der Waals surface area contributed by atoms with Crippen molar-refractivity contribution in [1.29, 1.82) is 5.26 Å². The summed E-state index contributed by atoms with van der Waals surface area (Å²) in [5.41, 5.74) is 0. The van der Waals surface area contributed by atoms with Crippen LogP contribution in [-0.2, 0) is 4.79 Å². The number of nitriles is 1. The van der Waals surface area contributed by atoms with Gasteiger partial charge in [0.2, 0.25) is 0 Å². The summed E-state index contributed by atoms with van der Waals surface area (Å²) in [7, 11) is 0. The van der Waals surface area contributed by atoms with E-state index in [-0.39, 0.29) is 12.0 Å². The summed E-state index contributed by atoms with van der Waals surface area (Å²) in [6.45, 7) is 0. The lowest BCUT2D eigenvalue weighted by Gasteiger charge is -2.31. The van der Waals surface area contributed by atoms with Crippen LogP contribution in [0, 0.1) is 17.2 Å². The summed E-state index contributed by atoms with van der Waals surface area (Å²) in [6.07, 6.45) is -2.98. The maximum atomic E-state index is 12.2. The van der Waals surface area contributed by atoms with Gasteiger partial charge < -0.3 is 4.90 Å². The molecule has 0 radical (unpaired) electrons.